The summed E-state index contributed by atoms with van der Waals surface area (Å²) in [4.78, 5) is 31.8. The molecule has 0 atom stereocenters. The Bertz CT molecular complexity index is 1290. The summed E-state index contributed by atoms with van der Waals surface area (Å²) in [6, 6.07) is 13.4. The Morgan fingerprint density at radius 3 is 2.70 bits per heavy atom. The van der Waals surface area contributed by atoms with Gasteiger partial charge >= 0.3 is 0 Å². The maximum atomic E-state index is 12.5. The fraction of sp³-hybridized carbons (Fsp3) is 0.280. The Labute approximate surface area is 192 Å². The first-order valence-electron chi connectivity index (χ1n) is 11.3. The number of aryl methyl sites for hydroxylation is 1. The molecule has 0 aliphatic carbocycles. The lowest BCUT2D eigenvalue weighted by Gasteiger charge is -2.14. The minimum absolute atomic E-state index is 0.0672. The smallest absolute Gasteiger partial charge is 0.251 e. The summed E-state index contributed by atoms with van der Waals surface area (Å²) < 4.78 is 0. The predicted octanol–water partition coefficient (Wildman–Crippen LogP) is 3.40. The summed E-state index contributed by atoms with van der Waals surface area (Å²) >= 11 is 0. The monoisotopic (exact) mass is 441 g/mol. The van der Waals surface area contributed by atoms with Gasteiger partial charge in [0.15, 0.2) is 11.6 Å². The lowest BCUT2D eigenvalue weighted by molar-refractivity contribution is 0.0950. The van der Waals surface area contributed by atoms with Crippen molar-refractivity contribution in [3.8, 4) is 22.8 Å². The summed E-state index contributed by atoms with van der Waals surface area (Å²) in [6.45, 7) is 5.84. The maximum Gasteiger partial charge on any atom is 0.251 e. The first kappa shape index (κ1) is 21.1. The molecule has 1 saturated heterocycles. The number of hydrogen-bond donors (Lipinski definition) is 3. The van der Waals surface area contributed by atoms with Crippen LogP contribution in [0.5, 0.6) is 0 Å². The van der Waals surface area contributed by atoms with Gasteiger partial charge in [-0.15, -0.1) is 0 Å². The van der Waals surface area contributed by atoms with Crippen LogP contribution in [-0.2, 0) is 0 Å². The van der Waals surface area contributed by atoms with E-state index in [1.54, 1.807) is 6.20 Å². The number of amides is 1. The number of anilines is 1. The first-order chi connectivity index (χ1) is 16.1. The zero-order valence-electron chi connectivity index (χ0n) is 18.6. The fourth-order valence-electron chi connectivity index (χ4n) is 4.18. The molecule has 1 amide bonds. The molecule has 0 unspecified atom stereocenters. The largest absolute Gasteiger partial charge is 0.382 e. The average Bonchev–Trinajstić information content (AvgIpc) is 3.49. The van der Waals surface area contributed by atoms with Gasteiger partial charge in [0.05, 0.1) is 22.9 Å². The summed E-state index contributed by atoms with van der Waals surface area (Å²) in [5, 5.41) is 3.00. The van der Waals surface area contributed by atoms with Crippen molar-refractivity contribution in [2.24, 2.45) is 0 Å². The van der Waals surface area contributed by atoms with E-state index in [-0.39, 0.29) is 5.91 Å². The molecule has 1 aliphatic rings. The van der Waals surface area contributed by atoms with Crippen molar-refractivity contribution in [2.45, 2.75) is 19.8 Å². The molecule has 0 bridgehead atoms. The van der Waals surface area contributed by atoms with Crippen molar-refractivity contribution < 1.29 is 4.79 Å². The third-order valence-electron chi connectivity index (χ3n) is 6.02. The quantitative estimate of drug-likeness (QED) is 0.423. The molecule has 0 saturated carbocycles. The van der Waals surface area contributed by atoms with Crippen LogP contribution in [0.1, 0.15) is 28.8 Å². The van der Waals surface area contributed by atoms with Gasteiger partial charge < -0.3 is 20.9 Å². The number of nitrogens with one attached hydrogen (secondary N) is 2. The number of carbonyl (C=O) groups excluding carboxylic acids is 1. The van der Waals surface area contributed by atoms with Crippen molar-refractivity contribution in [1.29, 1.82) is 0 Å². The molecule has 8 nitrogen and oxygen atoms in total. The van der Waals surface area contributed by atoms with Crippen molar-refractivity contribution in [3.63, 3.8) is 0 Å². The number of likely N-dealkylation sites (tertiary alicyclic amines) is 1. The summed E-state index contributed by atoms with van der Waals surface area (Å²) in [5.41, 5.74) is 11.7. The number of nitrogens with zero attached hydrogens (tertiary/aromatic N) is 4. The standard InChI is InChI=1S/C25H27N7O/c1-16-4-9-19-20(14-16)31-24(30-19)22-23(26)28-15-21(29-22)17-5-7-18(8-6-17)25(33)27-10-13-32-11-2-3-12-32/h4-9,14-15H,2-3,10-13H2,1H3,(H2,26,28)(H,27,33)(H,30,31). The number of fused-ring (bicyclic) bond motifs is 1. The average molecular weight is 442 g/mol. The Hall–Kier alpha value is -3.78. The van der Waals surface area contributed by atoms with Crippen LogP contribution in [-0.4, -0.2) is 56.9 Å². The van der Waals surface area contributed by atoms with E-state index in [0.717, 1.165) is 41.8 Å². The molecule has 5 rings (SSSR count). The number of H-pyrrole nitrogens is 1. The molecular weight excluding hydrogens is 414 g/mol. The molecule has 8 heteroatoms. The van der Waals surface area contributed by atoms with E-state index in [1.807, 2.05) is 49.4 Å². The van der Waals surface area contributed by atoms with Crippen LogP contribution < -0.4 is 11.1 Å². The van der Waals surface area contributed by atoms with E-state index in [9.17, 15) is 4.79 Å². The second kappa shape index (κ2) is 8.99. The van der Waals surface area contributed by atoms with Gasteiger partial charge in [0.1, 0.15) is 5.69 Å². The molecule has 0 radical (unpaired) electrons. The van der Waals surface area contributed by atoms with Gasteiger partial charge in [-0.1, -0.05) is 18.2 Å². The van der Waals surface area contributed by atoms with E-state index in [4.69, 9.17) is 10.7 Å². The van der Waals surface area contributed by atoms with Gasteiger partial charge in [-0.05, 0) is 62.7 Å². The Balaban J connectivity index is 1.32. The normalized spacial score (nSPS) is 14.1. The maximum absolute atomic E-state index is 12.5. The number of nitrogen functional groups attached to an aromatic ring is 1. The first-order valence-corrected chi connectivity index (χ1v) is 11.3. The van der Waals surface area contributed by atoms with Crippen LogP contribution in [0.3, 0.4) is 0 Å². The second-order valence-electron chi connectivity index (χ2n) is 8.48. The van der Waals surface area contributed by atoms with Gasteiger partial charge in [0.25, 0.3) is 5.91 Å². The number of aromatic amines is 1. The number of rotatable bonds is 6. The van der Waals surface area contributed by atoms with Gasteiger partial charge in [-0.3, -0.25) is 4.79 Å². The highest BCUT2D eigenvalue weighted by Gasteiger charge is 2.15. The second-order valence-corrected chi connectivity index (χ2v) is 8.48. The molecule has 168 valence electrons. The van der Waals surface area contributed by atoms with Crippen LogP contribution in [0.2, 0.25) is 0 Å². The topological polar surface area (TPSA) is 113 Å². The highest BCUT2D eigenvalue weighted by molar-refractivity contribution is 5.94. The van der Waals surface area contributed by atoms with E-state index in [2.05, 4.69) is 25.2 Å². The zero-order valence-corrected chi connectivity index (χ0v) is 18.6. The van der Waals surface area contributed by atoms with Gasteiger partial charge in [-0.25, -0.2) is 15.0 Å². The highest BCUT2D eigenvalue weighted by Crippen LogP contribution is 2.26. The van der Waals surface area contributed by atoms with Crippen LogP contribution in [0.15, 0.2) is 48.7 Å². The third kappa shape index (κ3) is 4.56. The summed E-state index contributed by atoms with van der Waals surface area (Å²) in [7, 11) is 0. The van der Waals surface area contributed by atoms with Crippen molar-refractivity contribution in [3.05, 3.63) is 59.8 Å². The highest BCUT2D eigenvalue weighted by atomic mass is 16.1. The fourth-order valence-corrected chi connectivity index (χ4v) is 4.18. The van der Waals surface area contributed by atoms with Gasteiger partial charge in [-0.2, -0.15) is 0 Å². The van der Waals surface area contributed by atoms with Crippen LogP contribution in [0.4, 0.5) is 5.82 Å². The molecule has 1 aliphatic heterocycles. The number of hydrogen-bond acceptors (Lipinski definition) is 6. The molecular formula is C25H27N7O. The van der Waals surface area contributed by atoms with E-state index in [1.165, 1.54) is 12.8 Å². The molecule has 2 aromatic carbocycles. The van der Waals surface area contributed by atoms with Gasteiger partial charge in [0, 0.05) is 24.2 Å². The molecule has 4 aromatic rings. The van der Waals surface area contributed by atoms with E-state index in [0.29, 0.717) is 35.1 Å². The number of carbonyl (C=O) groups is 1. The van der Waals surface area contributed by atoms with Crippen molar-refractivity contribution in [2.75, 3.05) is 31.9 Å². The van der Waals surface area contributed by atoms with Crippen LogP contribution in [0, 0.1) is 6.92 Å². The van der Waals surface area contributed by atoms with Crippen molar-refractivity contribution >= 4 is 22.8 Å². The van der Waals surface area contributed by atoms with E-state index >= 15 is 0 Å². The molecule has 0 spiro atoms. The molecule has 2 aromatic heterocycles. The predicted molar refractivity (Wildman–Crippen MR) is 130 cm³/mol. The number of aromatic nitrogens is 4. The summed E-state index contributed by atoms with van der Waals surface area (Å²) in [6.07, 6.45) is 4.14. The minimum atomic E-state index is -0.0672. The van der Waals surface area contributed by atoms with Crippen LogP contribution in [0.25, 0.3) is 33.8 Å². The Kier molecular flexibility index (Phi) is 5.75. The van der Waals surface area contributed by atoms with Crippen molar-refractivity contribution in [1.82, 2.24) is 30.2 Å². The summed E-state index contributed by atoms with van der Waals surface area (Å²) in [5.74, 6) is 0.822. The number of nitrogens with two attached hydrogens (primary N) is 1. The van der Waals surface area contributed by atoms with Crippen LogP contribution >= 0.6 is 0 Å². The number of benzene rings is 2. The lowest BCUT2D eigenvalue weighted by Crippen LogP contribution is -2.33. The Morgan fingerprint density at radius 1 is 1.12 bits per heavy atom. The molecule has 1 fully saturated rings. The molecule has 33 heavy (non-hydrogen) atoms. The SMILES string of the molecule is Cc1ccc2nc(-c3nc(-c4ccc(C(=O)NCCN5CCCC5)cc4)cnc3N)[nH]c2c1. The number of imidazole rings is 1. The molecule has 4 N–H and O–H groups in total. The third-order valence-corrected chi connectivity index (χ3v) is 6.02. The minimum Gasteiger partial charge on any atom is -0.382 e. The molecule has 3 heterocycles. The van der Waals surface area contributed by atoms with Gasteiger partial charge in [0.2, 0.25) is 0 Å². The lowest BCUT2D eigenvalue weighted by atomic mass is 10.1. The Morgan fingerprint density at radius 2 is 1.91 bits per heavy atom. The van der Waals surface area contributed by atoms with E-state index < -0.39 is 0 Å². The zero-order chi connectivity index (χ0) is 22.8.